The molecule has 4 aliphatic rings. The molecule has 1 N–H and O–H groups in total. The fourth-order valence-corrected chi connectivity index (χ4v) is 9.04. The van der Waals surface area contributed by atoms with Crippen molar-refractivity contribution in [1.82, 2.24) is 14.7 Å². The van der Waals surface area contributed by atoms with Crippen LogP contribution in [0.15, 0.2) is 90.2 Å². The highest BCUT2D eigenvalue weighted by molar-refractivity contribution is 7.99. The molecule has 4 aromatic carbocycles. The largest absolute Gasteiger partial charge is 0.493 e. The third-order valence-electron chi connectivity index (χ3n) is 12.8. The average Bonchev–Trinajstić information content (AvgIpc) is 3.89. The number of benzene rings is 4. The number of rotatable bonds is 18. The molecule has 346 valence electrons. The van der Waals surface area contributed by atoms with Gasteiger partial charge in [-0.3, -0.25) is 19.4 Å². The first-order valence-electron chi connectivity index (χ1n) is 22.8. The average molecular weight is 912 g/mol. The van der Waals surface area contributed by atoms with Crippen LogP contribution < -0.4 is 24.3 Å². The van der Waals surface area contributed by atoms with Crippen LogP contribution in [0.5, 0.6) is 23.0 Å². The molecule has 13 heteroatoms. The van der Waals surface area contributed by atoms with Gasteiger partial charge in [0, 0.05) is 72.5 Å². The molecule has 0 radical (unpaired) electrons. The molecule has 0 spiro atoms. The Morgan fingerprint density at radius 2 is 1.59 bits per heavy atom. The lowest BCUT2D eigenvalue weighted by Crippen LogP contribution is -2.32. The zero-order valence-corrected chi connectivity index (χ0v) is 40.0. The maximum atomic E-state index is 14.0. The van der Waals surface area contributed by atoms with E-state index in [4.69, 9.17) is 23.9 Å². The van der Waals surface area contributed by atoms with Gasteiger partial charge in [0.15, 0.2) is 11.5 Å². The van der Waals surface area contributed by atoms with E-state index in [1.165, 1.54) is 0 Å². The smallest absolute Gasteiger partial charge is 0.260 e. The van der Waals surface area contributed by atoms with Crippen LogP contribution in [-0.2, 0) is 11.2 Å². The van der Waals surface area contributed by atoms with Gasteiger partial charge in [0.05, 0.1) is 37.6 Å². The highest BCUT2D eigenvalue weighted by atomic mass is 32.2. The first kappa shape index (κ1) is 46.5. The summed E-state index contributed by atoms with van der Waals surface area (Å²) >= 11 is 1.77. The molecule has 0 fully saturated rings. The van der Waals surface area contributed by atoms with E-state index >= 15 is 0 Å². The minimum absolute atomic E-state index is 0.00275. The van der Waals surface area contributed by atoms with Gasteiger partial charge in [0.1, 0.15) is 18.1 Å². The molecule has 0 aromatic heterocycles. The summed E-state index contributed by atoms with van der Waals surface area (Å²) in [6.07, 6.45) is 12.7. The van der Waals surface area contributed by atoms with E-state index < -0.39 is 0 Å². The number of ether oxygens (including phenoxy) is 4. The van der Waals surface area contributed by atoms with Gasteiger partial charge in [-0.1, -0.05) is 38.1 Å². The summed E-state index contributed by atoms with van der Waals surface area (Å²) < 4.78 is 24.1. The third kappa shape index (κ3) is 10.6. The molecule has 4 aliphatic heterocycles. The highest BCUT2D eigenvalue weighted by Gasteiger charge is 2.36. The molecular formula is C53H61N5O7S. The molecule has 3 amide bonds. The summed E-state index contributed by atoms with van der Waals surface area (Å²) in [5.41, 5.74) is 8.55. The number of hydrogen-bond acceptors (Lipinski definition) is 10. The number of amides is 3. The van der Waals surface area contributed by atoms with Crippen LogP contribution in [0.2, 0.25) is 0 Å². The molecule has 0 unspecified atom stereocenters. The first-order chi connectivity index (χ1) is 31.8. The van der Waals surface area contributed by atoms with Crippen molar-refractivity contribution in [1.29, 1.82) is 0 Å². The number of anilines is 1. The summed E-state index contributed by atoms with van der Waals surface area (Å²) in [7, 11) is 5.60. The van der Waals surface area contributed by atoms with Crippen LogP contribution >= 0.6 is 11.8 Å². The van der Waals surface area contributed by atoms with Crippen molar-refractivity contribution in [2.45, 2.75) is 82.5 Å². The maximum absolute atomic E-state index is 14.0. The lowest BCUT2D eigenvalue weighted by Gasteiger charge is -2.21. The van der Waals surface area contributed by atoms with E-state index in [1.807, 2.05) is 105 Å². The molecule has 66 heavy (non-hydrogen) atoms. The number of aryl methyl sites for hydroxylation is 2. The summed E-state index contributed by atoms with van der Waals surface area (Å²) in [5.74, 6) is 2.39. The monoisotopic (exact) mass is 911 g/mol. The Morgan fingerprint density at radius 1 is 0.848 bits per heavy atom. The Hall–Kier alpha value is -6.05. The van der Waals surface area contributed by atoms with E-state index in [-0.39, 0.29) is 34.6 Å². The van der Waals surface area contributed by atoms with E-state index in [0.717, 1.165) is 82.8 Å². The molecule has 4 aromatic rings. The Bertz CT molecular complexity index is 2570. The molecule has 0 saturated carbocycles. The SMILES string of the molecule is COc1cc2c(cc1OCCCOc1cc3c(cc1C)C(=O)N1C=C(c4cccc(NC(=O)CCC(C)(C)SC)c4)C[C@H]1CC3)N=C[C@@H]1CC(c3ccc(OCCN(C)C)cc3)=CN1C2=O. The second-order valence-electron chi connectivity index (χ2n) is 18.3. The third-order valence-corrected chi connectivity index (χ3v) is 14.1. The molecule has 8 rings (SSSR count). The Labute approximate surface area is 393 Å². The fourth-order valence-electron chi connectivity index (χ4n) is 8.73. The van der Waals surface area contributed by atoms with Gasteiger partial charge in [0.2, 0.25) is 5.91 Å². The van der Waals surface area contributed by atoms with Gasteiger partial charge in [-0.15, -0.1) is 0 Å². The minimum atomic E-state index is -0.205. The Balaban J connectivity index is 0.849. The van der Waals surface area contributed by atoms with Crippen molar-refractivity contribution in [2.24, 2.45) is 4.99 Å². The molecule has 0 saturated heterocycles. The van der Waals surface area contributed by atoms with E-state index in [9.17, 15) is 14.4 Å². The minimum Gasteiger partial charge on any atom is -0.493 e. The van der Waals surface area contributed by atoms with Crippen molar-refractivity contribution in [3.8, 4) is 23.0 Å². The van der Waals surface area contributed by atoms with E-state index in [0.29, 0.717) is 67.4 Å². The fraction of sp³-hybridized carbons (Fsp3) is 0.396. The molecule has 0 bridgehead atoms. The van der Waals surface area contributed by atoms with Crippen LogP contribution in [0, 0.1) is 6.92 Å². The van der Waals surface area contributed by atoms with Crippen molar-refractivity contribution >= 4 is 58.2 Å². The number of likely N-dealkylation sites (N-methyl/N-ethyl adjacent to an activating group) is 1. The second kappa shape index (κ2) is 20.2. The number of nitrogens with one attached hydrogen (secondary N) is 1. The van der Waals surface area contributed by atoms with Gasteiger partial charge in [-0.25, -0.2) is 0 Å². The van der Waals surface area contributed by atoms with Crippen LogP contribution in [0.4, 0.5) is 11.4 Å². The predicted molar refractivity (Wildman–Crippen MR) is 264 cm³/mol. The normalized spacial score (nSPS) is 17.6. The number of carbonyl (C=O) groups excluding carboxylic acids is 3. The number of thioether (sulfide) groups is 1. The number of fused-ring (bicyclic) bond motifs is 4. The topological polar surface area (TPSA) is 122 Å². The summed E-state index contributed by atoms with van der Waals surface area (Å²) in [6.45, 7) is 8.49. The predicted octanol–water partition coefficient (Wildman–Crippen LogP) is 9.83. The number of aliphatic imine (C=N–C) groups is 1. The first-order valence-corrected chi connectivity index (χ1v) is 24.1. The van der Waals surface area contributed by atoms with Crippen LogP contribution in [0.3, 0.4) is 0 Å². The summed E-state index contributed by atoms with van der Waals surface area (Å²) in [6, 6.07) is 23.2. The molecule has 2 atom stereocenters. The lowest BCUT2D eigenvalue weighted by atomic mass is 9.96. The van der Waals surface area contributed by atoms with Crippen LogP contribution in [0.1, 0.15) is 95.3 Å². The summed E-state index contributed by atoms with van der Waals surface area (Å²) in [5, 5.41) is 3.07. The van der Waals surface area contributed by atoms with Gasteiger partial charge in [0.25, 0.3) is 11.8 Å². The molecule has 0 aliphatic carbocycles. The van der Waals surface area contributed by atoms with Crippen molar-refractivity contribution in [3.05, 3.63) is 119 Å². The maximum Gasteiger partial charge on any atom is 0.260 e. The number of methoxy groups -OCH3 is 1. The standard InChI is InChI=1S/C53H61N5O7S/c1-34-24-44-37(12-15-41-26-39(33-57(41)51(44)60)36-10-8-11-40(25-36)55-50(59)18-19-53(2,3)66-7)28-47(34)64-21-9-22-65-49-30-46-45(29-48(49)62-6)52(61)58-32-38(27-42(58)31-54-46)35-13-16-43(17-14-35)63-23-20-56(4)5/h8,10-11,13-14,16-17,24-25,28-33,41-42H,9,12,15,18-23,26-27H2,1-7H3,(H,55,59)/t41-,42+/m1/s1. The van der Waals surface area contributed by atoms with Gasteiger partial charge >= 0.3 is 0 Å². The zero-order chi connectivity index (χ0) is 46.5. The quantitative estimate of drug-likeness (QED) is 0.0973. The van der Waals surface area contributed by atoms with Gasteiger partial charge in [-0.05, 0) is 129 Å². The van der Waals surface area contributed by atoms with E-state index in [1.54, 1.807) is 35.9 Å². The lowest BCUT2D eigenvalue weighted by molar-refractivity contribution is -0.116. The second-order valence-corrected chi connectivity index (χ2v) is 19.8. The van der Waals surface area contributed by atoms with Crippen molar-refractivity contribution < 1.29 is 33.3 Å². The number of nitrogens with zero attached hydrogens (tertiary/aromatic N) is 4. The van der Waals surface area contributed by atoms with Crippen molar-refractivity contribution in [2.75, 3.05) is 59.1 Å². The van der Waals surface area contributed by atoms with Crippen LogP contribution in [-0.4, -0.2) is 109 Å². The number of hydrogen-bond donors (Lipinski definition) is 1. The zero-order valence-electron chi connectivity index (χ0n) is 39.1. The highest BCUT2D eigenvalue weighted by Crippen LogP contribution is 2.41. The molecule has 12 nitrogen and oxygen atoms in total. The van der Waals surface area contributed by atoms with Crippen LogP contribution in [0.25, 0.3) is 11.1 Å². The number of carbonyl (C=O) groups is 3. The summed E-state index contributed by atoms with van der Waals surface area (Å²) in [4.78, 5) is 51.2. The molecular weight excluding hydrogens is 851 g/mol. The van der Waals surface area contributed by atoms with Gasteiger partial charge < -0.3 is 39.0 Å². The molecule has 4 heterocycles. The van der Waals surface area contributed by atoms with Crippen molar-refractivity contribution in [3.63, 3.8) is 0 Å². The Kier molecular flexibility index (Phi) is 14.2. The Morgan fingerprint density at radius 3 is 2.35 bits per heavy atom. The van der Waals surface area contributed by atoms with E-state index in [2.05, 4.69) is 30.3 Å². The van der Waals surface area contributed by atoms with Gasteiger partial charge in [-0.2, -0.15) is 11.8 Å².